The van der Waals surface area contributed by atoms with Crippen molar-refractivity contribution in [2.75, 3.05) is 25.9 Å². The second-order valence-electron chi connectivity index (χ2n) is 13.6. The fraction of sp³-hybridized carbons (Fsp3) is 0.0769. The smallest absolute Gasteiger partial charge is 0.400 e. The van der Waals surface area contributed by atoms with E-state index in [1.165, 1.54) is 54.2 Å². The number of rotatable bonds is 12. The predicted molar refractivity (Wildman–Crippen MR) is 289 cm³/mol. The maximum absolute atomic E-state index is 8.25. The van der Waals surface area contributed by atoms with Crippen molar-refractivity contribution in [1.29, 1.82) is 2.86 Å². The van der Waals surface area contributed by atoms with Gasteiger partial charge in [-0.05, 0) is 97.1 Å². The molecule has 360 valence electrons. The third-order valence-corrected chi connectivity index (χ3v) is 23.6. The molecule has 0 aliphatic carbocycles. The molecule has 0 aliphatic heterocycles. The summed E-state index contributed by atoms with van der Waals surface area (Å²) in [5.74, 6) is 2.49. The molecule has 8 aromatic carbocycles. The SMILES string of the molecule is O=[N+]([O-])[O-].O=[N+]([O-])[O-].[2H]OC([2H])([2H])[2H].[2H]OC([2H])([2H])[2H].[Au+].[Au+].c1ccc([PH+](C[PH+](c2ccccc2)c2ccccc2)c2ccccc2)cc1.c1ccc([PH+](C[PH+](c2ccccc2)c2ccccc2)c2ccccc2)cc1. The molecule has 0 atom stereocenters. The predicted octanol–water partition coefficient (Wildman–Crippen LogP) is 8.08. The second kappa shape index (κ2) is 37.2. The van der Waals surface area contributed by atoms with E-state index in [1.807, 2.05) is 0 Å². The maximum Gasteiger partial charge on any atom is 1.00 e. The van der Waals surface area contributed by atoms with Gasteiger partial charge in [0.1, 0.15) is 74.1 Å². The zero-order chi connectivity index (χ0) is 54.2. The quantitative estimate of drug-likeness (QED) is 0.0535. The summed E-state index contributed by atoms with van der Waals surface area (Å²) in [6.45, 7) is 0. The third-order valence-electron chi connectivity index (χ3n) is 9.69. The van der Waals surface area contributed by atoms with E-state index in [0.29, 0.717) is 0 Å². The van der Waals surface area contributed by atoms with Gasteiger partial charge in [-0.25, -0.2) is 0 Å². The van der Waals surface area contributed by atoms with Gasteiger partial charge < -0.3 is 40.9 Å². The molecular formula is C52H56Au2N2O8P4+4. The van der Waals surface area contributed by atoms with E-state index >= 15 is 0 Å². The first kappa shape index (κ1) is 48.3. The monoisotopic (exact) mass is 1360 g/mol. The Hall–Kier alpha value is -4.72. The van der Waals surface area contributed by atoms with Crippen molar-refractivity contribution in [3.05, 3.63) is 273 Å². The fourth-order valence-corrected chi connectivity index (χ4v) is 22.4. The van der Waals surface area contributed by atoms with E-state index in [-0.39, 0.29) is 44.8 Å². The fourth-order valence-electron chi connectivity index (χ4n) is 6.95. The Bertz CT molecular complexity index is 2220. The minimum atomic E-state index is -2.54. The first-order chi connectivity index (χ1) is 35.4. The first-order valence-electron chi connectivity index (χ1n) is 24.0. The molecule has 0 bridgehead atoms. The number of benzene rings is 8. The van der Waals surface area contributed by atoms with Gasteiger partial charge in [-0.1, -0.05) is 146 Å². The van der Waals surface area contributed by atoms with Crippen molar-refractivity contribution in [2.24, 2.45) is 0 Å². The summed E-state index contributed by atoms with van der Waals surface area (Å²) < 4.78 is 48.2. The van der Waals surface area contributed by atoms with Crippen molar-refractivity contribution in [3.63, 3.8) is 0 Å². The van der Waals surface area contributed by atoms with E-state index < -0.39 is 55.9 Å². The van der Waals surface area contributed by atoms with Gasteiger partial charge in [-0.2, -0.15) is 0 Å². The minimum absolute atomic E-state index is 0. The second-order valence-corrected chi connectivity index (χ2v) is 24.9. The molecule has 0 fully saturated rings. The van der Waals surface area contributed by atoms with Gasteiger partial charge in [-0.3, -0.25) is 0 Å². The standard InChI is InChI=1S/2C25H22P2.2CH4O.2Au.2NO3/c2*1-5-13-22(14-6-1)26(23-15-7-2-8-16-23)21-27(24-17-9-3-10-18-24)25-19-11-4-12-20-25;2*1-2;;;2*2-1(3)4/h2*1-20H,21H2;2*2H,1H3;;;;/q;;;;2*+1;2*-1/p+4/i;;2*1D3,2D;;;;. The van der Waals surface area contributed by atoms with Gasteiger partial charge in [0.2, 0.25) is 2.86 Å². The first-order valence-corrected chi connectivity index (χ1v) is 27.0. The summed E-state index contributed by atoms with van der Waals surface area (Å²) in [4.78, 5) is 16.5. The Balaban J connectivity index is 0.000000551. The van der Waals surface area contributed by atoms with Crippen LogP contribution in [0.25, 0.3) is 0 Å². The Labute approximate surface area is 446 Å². The van der Waals surface area contributed by atoms with Crippen LogP contribution in [0.15, 0.2) is 243 Å². The number of aliphatic hydroxyl groups is 2. The molecule has 2 N–H and O–H groups in total. The molecule has 0 radical (unpaired) electrons. The van der Waals surface area contributed by atoms with E-state index in [1.54, 1.807) is 0 Å². The molecule has 10 nitrogen and oxygen atoms in total. The van der Waals surface area contributed by atoms with E-state index in [9.17, 15) is 0 Å². The van der Waals surface area contributed by atoms with Crippen LogP contribution in [-0.4, -0.2) is 49.1 Å². The molecule has 8 aromatic rings. The molecule has 68 heavy (non-hydrogen) atoms. The molecular weight excluding hydrogens is 1300 g/mol. The third kappa shape index (κ3) is 22.6. The molecule has 0 amide bonds. The van der Waals surface area contributed by atoms with Gasteiger partial charge in [0, 0.05) is 14.1 Å². The topological polar surface area (TPSA) is 173 Å². The summed E-state index contributed by atoms with van der Waals surface area (Å²) in [5, 5.41) is 47.9. The average molecular weight is 1360 g/mol. The van der Waals surface area contributed by atoms with Crippen LogP contribution in [-0.2, 0) is 44.8 Å². The Morgan fingerprint density at radius 1 is 0.338 bits per heavy atom. The van der Waals surface area contributed by atoms with Gasteiger partial charge in [0.25, 0.3) is 0 Å². The van der Waals surface area contributed by atoms with E-state index in [2.05, 4.69) is 253 Å². The van der Waals surface area contributed by atoms with E-state index in [0.717, 1.165) is 0 Å². The summed E-state index contributed by atoms with van der Waals surface area (Å²) in [5.41, 5.74) is 0. The van der Waals surface area contributed by atoms with Crippen molar-refractivity contribution in [3.8, 4) is 0 Å². The largest absolute Gasteiger partial charge is 1.00 e. The maximum atomic E-state index is 8.25. The minimum Gasteiger partial charge on any atom is -0.400 e. The summed E-state index contributed by atoms with van der Waals surface area (Å²) in [7, 11) is -8.47. The molecule has 0 heterocycles. The Kier molecular flexibility index (Phi) is 26.4. The average Bonchev–Trinajstić information content (AvgIpc) is 3.41. The Morgan fingerprint density at radius 2 is 0.441 bits per heavy atom. The van der Waals surface area contributed by atoms with Crippen LogP contribution >= 0.6 is 31.7 Å². The zero-order valence-electron chi connectivity index (χ0n) is 44.3. The molecule has 0 aromatic heterocycles. The van der Waals surface area contributed by atoms with Crippen molar-refractivity contribution in [2.45, 2.75) is 0 Å². The molecule has 8 rings (SSSR count). The van der Waals surface area contributed by atoms with Gasteiger partial charge in [-0.15, -0.1) is 0 Å². The summed E-state index contributed by atoms with van der Waals surface area (Å²) >= 11 is 0. The molecule has 0 spiro atoms. The van der Waals surface area contributed by atoms with Crippen LogP contribution in [0.2, 0.25) is 0 Å². The summed E-state index contributed by atoms with van der Waals surface area (Å²) in [6.07, 6.45) is 0. The molecule has 0 saturated heterocycles. The van der Waals surface area contributed by atoms with E-state index in [4.69, 9.17) is 41.7 Å². The molecule has 16 heteroatoms. The number of nitrogens with zero attached hydrogens (tertiary/aromatic N) is 2. The van der Waals surface area contributed by atoms with Crippen molar-refractivity contribution < 1.29 is 73.4 Å². The van der Waals surface area contributed by atoms with Gasteiger partial charge in [0.05, 0.1) is 18.4 Å². The van der Waals surface area contributed by atoms with Gasteiger partial charge in [0.15, 0.2) is 11.8 Å². The Morgan fingerprint density at radius 3 is 0.529 bits per heavy atom. The van der Waals surface area contributed by atoms with Crippen LogP contribution in [0.3, 0.4) is 0 Å². The molecule has 0 unspecified atom stereocenters. The molecule has 0 saturated carbocycles. The normalized spacial score (nSPS) is 11.7. The zero-order valence-corrected chi connectivity index (χ0v) is 44.6. The number of hydrogen-bond donors (Lipinski definition) is 2. The molecule has 0 aliphatic rings. The van der Waals surface area contributed by atoms with Crippen LogP contribution < -0.4 is 42.4 Å². The summed E-state index contributed by atoms with van der Waals surface area (Å²) in [6, 6.07) is 88.9. The van der Waals surface area contributed by atoms with Crippen LogP contribution in [0, 0.1) is 30.6 Å². The van der Waals surface area contributed by atoms with Crippen molar-refractivity contribution >= 4 is 74.1 Å². The number of hydrogen-bond acceptors (Lipinski definition) is 8. The van der Waals surface area contributed by atoms with Crippen molar-refractivity contribution in [1.82, 2.24) is 0 Å². The van der Waals surface area contributed by atoms with Crippen LogP contribution in [0.1, 0.15) is 8.22 Å². The van der Waals surface area contributed by atoms with Crippen LogP contribution in [0.5, 0.6) is 0 Å². The van der Waals surface area contributed by atoms with Gasteiger partial charge >= 0.3 is 44.8 Å². The van der Waals surface area contributed by atoms with Crippen LogP contribution in [0.4, 0.5) is 0 Å².